The quantitative estimate of drug-likeness (QED) is 0.766. The topological polar surface area (TPSA) is 77.7 Å². The molecule has 1 saturated heterocycles. The lowest BCUT2D eigenvalue weighted by Gasteiger charge is -2.32. The highest BCUT2D eigenvalue weighted by Gasteiger charge is 2.45. The summed E-state index contributed by atoms with van der Waals surface area (Å²) in [5, 5.41) is 1.46. The molecule has 1 amide bonds. The maximum absolute atomic E-state index is 14.8. The van der Waals surface area contributed by atoms with E-state index >= 15 is 0 Å². The van der Waals surface area contributed by atoms with Crippen LogP contribution >= 0.6 is 0 Å². The zero-order valence-electron chi connectivity index (χ0n) is 17.3. The van der Waals surface area contributed by atoms with Gasteiger partial charge in [0.15, 0.2) is 0 Å². The number of carbonyl (C=O) groups excluding carboxylic acids is 1. The number of fused-ring (bicyclic) bond motifs is 1. The number of benzene rings is 1. The molecule has 3 rings (SSSR count). The van der Waals surface area contributed by atoms with Crippen LogP contribution in [-0.4, -0.2) is 47.8 Å². The van der Waals surface area contributed by atoms with Crippen LogP contribution in [0.3, 0.4) is 0 Å². The van der Waals surface area contributed by atoms with Gasteiger partial charge in [-0.25, -0.2) is 9.37 Å². The molecule has 1 aliphatic heterocycles. The Balaban J connectivity index is 1.93. The van der Waals surface area contributed by atoms with Crippen molar-refractivity contribution in [3.8, 4) is 11.6 Å². The van der Waals surface area contributed by atoms with Crippen LogP contribution in [-0.2, 0) is 0 Å². The van der Waals surface area contributed by atoms with Crippen molar-refractivity contribution >= 4 is 16.7 Å². The average Bonchev–Trinajstić information content (AvgIpc) is 2.94. The third-order valence-electron chi connectivity index (χ3n) is 5.61. The summed E-state index contributed by atoms with van der Waals surface area (Å²) < 4.78 is 26.2. The summed E-state index contributed by atoms with van der Waals surface area (Å²) >= 11 is 0. The second-order valence-corrected chi connectivity index (χ2v) is 7.60. The molecular weight excluding hydrogens is 373 g/mol. The van der Waals surface area contributed by atoms with E-state index in [0.29, 0.717) is 34.7 Å². The molecule has 0 aliphatic carbocycles. The van der Waals surface area contributed by atoms with Gasteiger partial charge in [-0.1, -0.05) is 13.5 Å². The number of pyridine rings is 1. The van der Waals surface area contributed by atoms with E-state index < -0.39 is 12.1 Å². The van der Waals surface area contributed by atoms with E-state index in [2.05, 4.69) is 11.6 Å². The van der Waals surface area contributed by atoms with Crippen molar-refractivity contribution in [3.05, 3.63) is 42.2 Å². The zero-order chi connectivity index (χ0) is 21.3. The lowest BCUT2D eigenvalue weighted by atomic mass is 9.96. The smallest absolute Gasteiger partial charge is 0.252 e. The van der Waals surface area contributed by atoms with Crippen LogP contribution in [0, 0.1) is 5.92 Å². The Morgan fingerprint density at radius 2 is 2.14 bits per heavy atom. The molecule has 0 spiro atoms. The van der Waals surface area contributed by atoms with E-state index in [1.165, 1.54) is 7.11 Å². The maximum Gasteiger partial charge on any atom is 0.252 e. The Bertz CT molecular complexity index is 931. The molecule has 2 N–H and O–H groups in total. The van der Waals surface area contributed by atoms with Crippen LogP contribution < -0.4 is 15.2 Å². The molecule has 2 aromatic rings. The fourth-order valence-electron chi connectivity index (χ4n) is 4.22. The van der Waals surface area contributed by atoms with Crippen LogP contribution in [0.1, 0.15) is 37.6 Å². The lowest BCUT2D eigenvalue weighted by Crippen LogP contribution is -2.41. The molecule has 1 fully saturated rings. The Hall–Kier alpha value is -2.83. The van der Waals surface area contributed by atoms with Gasteiger partial charge in [0.1, 0.15) is 18.5 Å². The first kappa shape index (κ1) is 20.9. The number of rotatable bonds is 7. The molecule has 2 heterocycles. The summed E-state index contributed by atoms with van der Waals surface area (Å²) in [5.74, 6) is 0.00943. The summed E-state index contributed by atoms with van der Waals surface area (Å²) in [4.78, 5) is 18.0. The summed E-state index contributed by atoms with van der Waals surface area (Å²) in [6, 6.07) is 5.12. The van der Waals surface area contributed by atoms with Gasteiger partial charge < -0.3 is 20.1 Å². The van der Waals surface area contributed by atoms with Crippen LogP contribution in [0.4, 0.5) is 4.39 Å². The monoisotopic (exact) mass is 401 g/mol. The molecule has 1 aromatic carbocycles. The molecule has 7 heteroatoms. The predicted octanol–water partition coefficient (Wildman–Crippen LogP) is 3.69. The summed E-state index contributed by atoms with van der Waals surface area (Å²) in [5.41, 5.74) is 6.25. The van der Waals surface area contributed by atoms with Crippen molar-refractivity contribution < 1.29 is 18.7 Å². The second-order valence-electron chi connectivity index (χ2n) is 7.60. The minimum Gasteiger partial charge on any atom is -0.496 e. The Morgan fingerprint density at radius 1 is 1.41 bits per heavy atom. The summed E-state index contributed by atoms with van der Waals surface area (Å²) in [6.07, 6.45) is 1.23. The van der Waals surface area contributed by atoms with Crippen LogP contribution in [0.2, 0.25) is 0 Å². The van der Waals surface area contributed by atoms with Gasteiger partial charge in [-0.05, 0) is 43.9 Å². The van der Waals surface area contributed by atoms with E-state index in [4.69, 9.17) is 15.2 Å². The van der Waals surface area contributed by atoms with E-state index in [1.807, 2.05) is 25.7 Å². The number of halogens is 1. The van der Waals surface area contributed by atoms with Gasteiger partial charge in [-0.2, -0.15) is 0 Å². The number of carbonyl (C=O) groups is 1. The molecule has 1 aromatic heterocycles. The standard InChI is InChI=1S/C22H28FN3O3/c1-6-15-18(26(12(2)3)13(4)20(15)23)11-29-22-16-10-19(28-5)17(21(24)27)9-14(16)7-8-25-22/h7-10,12,15,18,20H,4,6,11H2,1-3,5H3,(H2,24,27)/t15-,18+,20+/m0/s1. The van der Waals surface area contributed by atoms with Gasteiger partial charge in [-0.15, -0.1) is 0 Å². The summed E-state index contributed by atoms with van der Waals surface area (Å²) in [6.45, 7) is 10.3. The fraction of sp³-hybridized carbons (Fsp3) is 0.455. The van der Waals surface area contributed by atoms with Gasteiger partial charge in [-0.3, -0.25) is 4.79 Å². The van der Waals surface area contributed by atoms with Gasteiger partial charge in [0.05, 0.1) is 18.7 Å². The highest BCUT2D eigenvalue weighted by molar-refractivity contribution is 6.01. The summed E-state index contributed by atoms with van der Waals surface area (Å²) in [7, 11) is 1.47. The van der Waals surface area contributed by atoms with E-state index in [1.54, 1.807) is 24.4 Å². The minimum absolute atomic E-state index is 0.115. The van der Waals surface area contributed by atoms with Crippen LogP contribution in [0.15, 0.2) is 36.7 Å². The first-order valence-electron chi connectivity index (χ1n) is 9.80. The maximum atomic E-state index is 14.8. The number of allylic oxidation sites excluding steroid dienone is 1. The van der Waals surface area contributed by atoms with Crippen molar-refractivity contribution in [2.75, 3.05) is 13.7 Å². The van der Waals surface area contributed by atoms with Crippen LogP contribution in [0.25, 0.3) is 10.8 Å². The van der Waals surface area contributed by atoms with Crippen molar-refractivity contribution in [3.63, 3.8) is 0 Å². The van der Waals surface area contributed by atoms with E-state index in [0.717, 1.165) is 5.39 Å². The van der Waals surface area contributed by atoms with Crippen LogP contribution in [0.5, 0.6) is 11.6 Å². The second kappa shape index (κ2) is 8.27. The number of primary amides is 1. The Kier molecular flexibility index (Phi) is 5.96. The zero-order valence-corrected chi connectivity index (χ0v) is 17.3. The lowest BCUT2D eigenvalue weighted by molar-refractivity contribution is 0.0997. The highest BCUT2D eigenvalue weighted by atomic mass is 19.1. The molecule has 1 aliphatic rings. The molecule has 29 heavy (non-hydrogen) atoms. The van der Waals surface area contributed by atoms with Crippen molar-refractivity contribution in [2.45, 2.75) is 45.4 Å². The first-order valence-corrected chi connectivity index (χ1v) is 9.80. The number of nitrogens with zero attached hydrogens (tertiary/aromatic N) is 2. The van der Waals surface area contributed by atoms with Gasteiger partial charge in [0, 0.05) is 29.2 Å². The number of aromatic nitrogens is 1. The molecule has 0 saturated carbocycles. The number of ether oxygens (including phenoxy) is 2. The third-order valence-corrected chi connectivity index (χ3v) is 5.61. The molecule has 6 nitrogen and oxygen atoms in total. The number of amides is 1. The average molecular weight is 401 g/mol. The number of hydrogen-bond donors (Lipinski definition) is 1. The highest BCUT2D eigenvalue weighted by Crippen LogP contribution is 2.39. The van der Waals surface area contributed by atoms with E-state index in [9.17, 15) is 9.18 Å². The number of nitrogens with two attached hydrogens (primary N) is 1. The Labute approximate surface area is 170 Å². The number of likely N-dealkylation sites (tertiary alicyclic amines) is 1. The van der Waals surface area contributed by atoms with Gasteiger partial charge in [0.2, 0.25) is 5.88 Å². The van der Waals surface area contributed by atoms with Crippen molar-refractivity contribution in [2.24, 2.45) is 11.7 Å². The third kappa shape index (κ3) is 3.73. The number of methoxy groups -OCH3 is 1. The number of alkyl halides is 1. The minimum atomic E-state index is -1.07. The van der Waals surface area contributed by atoms with Gasteiger partial charge >= 0.3 is 0 Å². The molecule has 0 radical (unpaired) electrons. The van der Waals surface area contributed by atoms with Gasteiger partial charge in [0.25, 0.3) is 5.91 Å². The SMILES string of the molecule is C=C1[C@@H](F)[C@@H](CC)[C@@H](COc2nccc3cc(C(N)=O)c(OC)cc23)N1C(C)C. The predicted molar refractivity (Wildman–Crippen MR) is 111 cm³/mol. The first-order chi connectivity index (χ1) is 13.8. The van der Waals surface area contributed by atoms with Crippen molar-refractivity contribution in [1.82, 2.24) is 9.88 Å². The molecule has 0 bridgehead atoms. The Morgan fingerprint density at radius 3 is 2.72 bits per heavy atom. The number of hydrogen-bond acceptors (Lipinski definition) is 5. The molecular formula is C22H28FN3O3. The molecule has 156 valence electrons. The normalized spacial score (nSPS) is 21.8. The molecule has 0 unspecified atom stereocenters. The largest absolute Gasteiger partial charge is 0.496 e. The molecule has 3 atom stereocenters. The fourth-order valence-corrected chi connectivity index (χ4v) is 4.22. The van der Waals surface area contributed by atoms with E-state index in [-0.39, 0.29) is 24.6 Å². The van der Waals surface area contributed by atoms with Crippen molar-refractivity contribution in [1.29, 1.82) is 0 Å².